The maximum atomic E-state index is 13.1. The average molecular weight is 389 g/mol. The monoisotopic (exact) mass is 389 g/mol. The second-order valence-corrected chi connectivity index (χ2v) is 8.14. The summed E-state index contributed by atoms with van der Waals surface area (Å²) in [6.07, 6.45) is 1.44. The van der Waals surface area contributed by atoms with E-state index in [1.807, 2.05) is 0 Å². The Morgan fingerprint density at radius 3 is 2.37 bits per heavy atom. The minimum atomic E-state index is -4.03. The number of amides is 1. The first-order valence-electron chi connectivity index (χ1n) is 8.41. The number of carbonyl (C=O) groups is 1. The standard InChI is InChI=1S/C18H19N3O5S/c1-19-18(22)14-8-6-13(7-9-14)12-20(15-10-11-15)27(25,26)17-5-3-2-4-16(17)21(23)24/h2-9,15H,10-12H2,1H3,(H,19,22). The van der Waals surface area contributed by atoms with Gasteiger partial charge in [-0.05, 0) is 36.6 Å². The molecule has 0 heterocycles. The van der Waals surface area contributed by atoms with E-state index in [1.165, 1.54) is 35.6 Å². The van der Waals surface area contributed by atoms with Gasteiger partial charge in [-0.15, -0.1) is 0 Å². The minimum Gasteiger partial charge on any atom is -0.355 e. The van der Waals surface area contributed by atoms with Gasteiger partial charge >= 0.3 is 0 Å². The van der Waals surface area contributed by atoms with Gasteiger partial charge in [0.15, 0.2) is 4.90 Å². The molecule has 1 amide bonds. The van der Waals surface area contributed by atoms with Crippen LogP contribution in [0.4, 0.5) is 5.69 Å². The molecule has 0 aromatic heterocycles. The van der Waals surface area contributed by atoms with Crippen molar-refractivity contribution in [1.82, 2.24) is 9.62 Å². The maximum absolute atomic E-state index is 13.1. The highest BCUT2D eigenvalue weighted by atomic mass is 32.2. The van der Waals surface area contributed by atoms with E-state index in [4.69, 9.17) is 0 Å². The lowest BCUT2D eigenvalue weighted by atomic mass is 10.1. The molecule has 1 aliphatic carbocycles. The number of carbonyl (C=O) groups excluding carboxylic acids is 1. The largest absolute Gasteiger partial charge is 0.355 e. The number of nitrogens with one attached hydrogen (secondary N) is 1. The summed E-state index contributed by atoms with van der Waals surface area (Å²) in [6.45, 7) is 0.0903. The van der Waals surface area contributed by atoms with Crippen LogP contribution in [0, 0.1) is 10.1 Å². The molecule has 0 radical (unpaired) electrons. The molecule has 0 bridgehead atoms. The first-order chi connectivity index (χ1) is 12.8. The third-order valence-electron chi connectivity index (χ3n) is 4.38. The summed E-state index contributed by atoms with van der Waals surface area (Å²) >= 11 is 0. The lowest BCUT2D eigenvalue weighted by Gasteiger charge is -2.22. The van der Waals surface area contributed by atoms with E-state index in [9.17, 15) is 23.3 Å². The van der Waals surface area contributed by atoms with Crippen molar-refractivity contribution in [3.63, 3.8) is 0 Å². The lowest BCUT2D eigenvalue weighted by molar-refractivity contribution is -0.387. The molecular weight excluding hydrogens is 370 g/mol. The van der Waals surface area contributed by atoms with Gasteiger partial charge in [0.1, 0.15) is 0 Å². The number of benzene rings is 2. The van der Waals surface area contributed by atoms with Crippen molar-refractivity contribution in [2.75, 3.05) is 7.05 Å². The predicted molar refractivity (Wildman–Crippen MR) is 98.7 cm³/mol. The Bertz CT molecular complexity index is 969. The number of sulfonamides is 1. The zero-order valence-corrected chi connectivity index (χ0v) is 15.5. The molecule has 2 aromatic carbocycles. The summed E-state index contributed by atoms with van der Waals surface area (Å²) in [6, 6.07) is 11.8. The first kappa shape index (κ1) is 19.0. The molecule has 0 saturated heterocycles. The fourth-order valence-electron chi connectivity index (χ4n) is 2.81. The molecule has 0 aliphatic heterocycles. The SMILES string of the molecule is CNC(=O)c1ccc(CN(C2CC2)S(=O)(=O)c2ccccc2[N+](=O)[O-])cc1. The van der Waals surface area contributed by atoms with Gasteiger partial charge in [0, 0.05) is 31.3 Å². The molecule has 142 valence electrons. The topological polar surface area (TPSA) is 110 Å². The molecule has 0 unspecified atom stereocenters. The van der Waals surface area contributed by atoms with Crippen LogP contribution in [0.2, 0.25) is 0 Å². The average Bonchev–Trinajstić information content (AvgIpc) is 3.50. The number of nitrogens with zero attached hydrogens (tertiary/aromatic N) is 2. The highest BCUT2D eigenvalue weighted by Gasteiger charge is 2.40. The van der Waals surface area contributed by atoms with Crippen molar-refractivity contribution in [1.29, 1.82) is 0 Å². The van der Waals surface area contributed by atoms with Crippen molar-refractivity contribution in [3.8, 4) is 0 Å². The molecule has 27 heavy (non-hydrogen) atoms. The molecule has 1 N–H and O–H groups in total. The van der Waals surface area contributed by atoms with E-state index in [0.29, 0.717) is 11.1 Å². The van der Waals surface area contributed by atoms with Crippen LogP contribution in [-0.4, -0.2) is 36.6 Å². The Kier molecular flexibility index (Phi) is 5.24. The third-order valence-corrected chi connectivity index (χ3v) is 6.33. The molecule has 1 aliphatic rings. The molecule has 0 spiro atoms. The Morgan fingerprint density at radius 1 is 1.19 bits per heavy atom. The normalized spacial score (nSPS) is 14.1. The number of para-hydroxylation sites is 1. The summed E-state index contributed by atoms with van der Waals surface area (Å²) in [5.74, 6) is -0.229. The third kappa shape index (κ3) is 3.99. The Hall–Kier alpha value is -2.78. The minimum absolute atomic E-state index is 0.0903. The van der Waals surface area contributed by atoms with Crippen LogP contribution < -0.4 is 5.32 Å². The molecule has 1 saturated carbocycles. The lowest BCUT2D eigenvalue weighted by Crippen LogP contribution is -2.33. The second-order valence-electron chi connectivity index (χ2n) is 6.28. The molecule has 8 nitrogen and oxygen atoms in total. The van der Waals surface area contributed by atoms with Crippen LogP contribution in [0.25, 0.3) is 0 Å². The van der Waals surface area contributed by atoms with E-state index >= 15 is 0 Å². The van der Waals surface area contributed by atoms with Crippen LogP contribution in [0.3, 0.4) is 0 Å². The van der Waals surface area contributed by atoms with Gasteiger partial charge in [-0.1, -0.05) is 24.3 Å². The highest BCUT2D eigenvalue weighted by Crippen LogP contribution is 2.36. The first-order valence-corrected chi connectivity index (χ1v) is 9.85. The van der Waals surface area contributed by atoms with Crippen molar-refractivity contribution < 1.29 is 18.1 Å². The van der Waals surface area contributed by atoms with Crippen LogP contribution in [0.1, 0.15) is 28.8 Å². The number of rotatable bonds is 7. The van der Waals surface area contributed by atoms with Crippen molar-refractivity contribution in [2.45, 2.75) is 30.3 Å². The Labute approximate surface area is 157 Å². The van der Waals surface area contributed by atoms with Crippen LogP contribution in [0.15, 0.2) is 53.4 Å². The Morgan fingerprint density at radius 2 is 1.81 bits per heavy atom. The molecule has 0 atom stereocenters. The molecule has 9 heteroatoms. The summed E-state index contributed by atoms with van der Waals surface area (Å²) in [7, 11) is -2.50. The van der Waals surface area contributed by atoms with E-state index in [2.05, 4.69) is 5.32 Å². The molecule has 3 rings (SSSR count). The van der Waals surface area contributed by atoms with Gasteiger partial charge in [0.2, 0.25) is 10.0 Å². The predicted octanol–water partition coefficient (Wildman–Crippen LogP) is 2.31. The van der Waals surface area contributed by atoms with Gasteiger partial charge in [-0.3, -0.25) is 14.9 Å². The number of hydrogen-bond donors (Lipinski definition) is 1. The second kappa shape index (κ2) is 7.45. The van der Waals surface area contributed by atoms with E-state index in [-0.39, 0.29) is 23.4 Å². The maximum Gasteiger partial charge on any atom is 0.289 e. The fraction of sp³-hybridized carbons (Fsp3) is 0.278. The van der Waals surface area contributed by atoms with Gasteiger partial charge in [-0.2, -0.15) is 4.31 Å². The Balaban J connectivity index is 1.92. The van der Waals surface area contributed by atoms with Crippen molar-refractivity contribution in [2.24, 2.45) is 0 Å². The van der Waals surface area contributed by atoms with Crippen molar-refractivity contribution in [3.05, 3.63) is 69.8 Å². The van der Waals surface area contributed by atoms with Crippen LogP contribution in [-0.2, 0) is 16.6 Å². The quantitative estimate of drug-likeness (QED) is 0.577. The number of nitro benzene ring substituents is 1. The fourth-order valence-corrected chi connectivity index (χ4v) is 4.64. The molecule has 2 aromatic rings. The van der Waals surface area contributed by atoms with Gasteiger partial charge in [0.05, 0.1) is 4.92 Å². The molecular formula is C18H19N3O5S. The number of hydrogen-bond acceptors (Lipinski definition) is 5. The van der Waals surface area contributed by atoms with Gasteiger partial charge in [0.25, 0.3) is 11.6 Å². The smallest absolute Gasteiger partial charge is 0.289 e. The number of nitro groups is 1. The summed E-state index contributed by atoms with van der Waals surface area (Å²) < 4.78 is 27.6. The van der Waals surface area contributed by atoms with Crippen LogP contribution >= 0.6 is 0 Å². The van der Waals surface area contributed by atoms with Crippen LogP contribution in [0.5, 0.6) is 0 Å². The van der Waals surface area contributed by atoms with Gasteiger partial charge in [-0.25, -0.2) is 8.42 Å². The highest BCUT2D eigenvalue weighted by molar-refractivity contribution is 7.89. The summed E-state index contributed by atoms with van der Waals surface area (Å²) in [4.78, 5) is 21.9. The van der Waals surface area contributed by atoms with Crippen molar-refractivity contribution >= 4 is 21.6 Å². The van der Waals surface area contributed by atoms with Gasteiger partial charge < -0.3 is 5.32 Å². The van der Waals surface area contributed by atoms with E-state index in [1.54, 1.807) is 24.3 Å². The summed E-state index contributed by atoms with van der Waals surface area (Å²) in [5, 5.41) is 13.8. The summed E-state index contributed by atoms with van der Waals surface area (Å²) in [5.41, 5.74) is 0.746. The zero-order valence-electron chi connectivity index (χ0n) is 14.7. The van der Waals surface area contributed by atoms with E-state index < -0.39 is 20.6 Å². The van der Waals surface area contributed by atoms with E-state index in [0.717, 1.165) is 12.8 Å². The molecule has 1 fully saturated rings. The zero-order chi connectivity index (χ0) is 19.6.